The largest absolute Gasteiger partial charge is 0.443 e. The Hall–Kier alpha value is -3.39. The summed E-state index contributed by atoms with van der Waals surface area (Å²) in [5, 5.41) is 0.735. The highest BCUT2D eigenvalue weighted by molar-refractivity contribution is 7.17. The van der Waals surface area contributed by atoms with Crippen LogP contribution in [0.2, 0.25) is 0 Å². The van der Waals surface area contributed by atoms with Crippen LogP contribution in [0.5, 0.6) is 0 Å². The lowest BCUT2D eigenvalue weighted by Gasteiger charge is -2.33. The van der Waals surface area contributed by atoms with Crippen molar-refractivity contribution in [2.75, 3.05) is 6.54 Å². The van der Waals surface area contributed by atoms with Crippen LogP contribution >= 0.6 is 11.3 Å². The molecule has 3 aromatic heterocycles. The Morgan fingerprint density at radius 3 is 2.94 bits per heavy atom. The lowest BCUT2D eigenvalue weighted by Crippen LogP contribution is -2.38. The molecule has 8 heteroatoms. The van der Waals surface area contributed by atoms with Crippen LogP contribution in [0.1, 0.15) is 57.9 Å². The van der Waals surface area contributed by atoms with Gasteiger partial charge in [0.15, 0.2) is 0 Å². The number of likely N-dealkylation sites (tertiary alicyclic amines) is 1. The zero-order valence-corrected chi connectivity index (χ0v) is 19.0. The Morgan fingerprint density at radius 1 is 1.21 bits per heavy atom. The number of pyridine rings is 1. The van der Waals surface area contributed by atoms with Crippen LogP contribution in [-0.4, -0.2) is 32.3 Å². The number of thiazole rings is 1. The first-order valence-electron chi connectivity index (χ1n) is 11.0. The summed E-state index contributed by atoms with van der Waals surface area (Å²) in [6.45, 7) is 2.50. The number of amides is 1. The van der Waals surface area contributed by atoms with E-state index in [1.807, 2.05) is 36.1 Å². The predicted molar refractivity (Wildman–Crippen MR) is 123 cm³/mol. The molecular formula is C25H23FN4O2S. The van der Waals surface area contributed by atoms with E-state index in [0.29, 0.717) is 35.2 Å². The molecule has 1 fully saturated rings. The minimum atomic E-state index is -0.277. The van der Waals surface area contributed by atoms with Gasteiger partial charge in [0.1, 0.15) is 27.5 Å². The average Bonchev–Trinajstić information content (AvgIpc) is 3.46. The summed E-state index contributed by atoms with van der Waals surface area (Å²) in [5.41, 5.74) is 2.28. The van der Waals surface area contributed by atoms with Crippen molar-refractivity contribution in [3.63, 3.8) is 0 Å². The van der Waals surface area contributed by atoms with Gasteiger partial charge in [-0.3, -0.25) is 9.78 Å². The number of oxazole rings is 1. The highest BCUT2D eigenvalue weighted by Crippen LogP contribution is 2.35. The standard InChI is InChI=1S/C25H23FN4O2S/c1-16-22(33-24(29-16)20-9-2-4-11-27-20)25(31)30-12-5-3-10-21(30)23-28-15-19(32-23)14-17-7-6-8-18(26)13-17/h2,4,6-9,11,13,15,21H,3,5,10,12,14H2,1H3. The summed E-state index contributed by atoms with van der Waals surface area (Å²) in [4.78, 5) is 29.4. The normalized spacial score (nSPS) is 16.2. The van der Waals surface area contributed by atoms with Gasteiger partial charge < -0.3 is 9.32 Å². The fourth-order valence-corrected chi connectivity index (χ4v) is 5.16. The fourth-order valence-electron chi connectivity index (χ4n) is 4.16. The van der Waals surface area contributed by atoms with Crippen molar-refractivity contribution in [3.05, 3.63) is 88.5 Å². The maximum absolute atomic E-state index is 13.5. The van der Waals surface area contributed by atoms with E-state index in [1.165, 1.54) is 23.5 Å². The number of hydrogen-bond donors (Lipinski definition) is 0. The molecule has 1 aliphatic heterocycles. The second-order valence-electron chi connectivity index (χ2n) is 8.13. The Balaban J connectivity index is 1.38. The third kappa shape index (κ3) is 4.57. The first-order valence-corrected chi connectivity index (χ1v) is 11.8. The molecule has 5 rings (SSSR count). The van der Waals surface area contributed by atoms with Crippen molar-refractivity contribution in [1.82, 2.24) is 19.9 Å². The van der Waals surface area contributed by atoms with E-state index in [2.05, 4.69) is 15.0 Å². The Labute approximate surface area is 195 Å². The van der Waals surface area contributed by atoms with Crippen LogP contribution in [0.25, 0.3) is 10.7 Å². The zero-order chi connectivity index (χ0) is 22.8. The molecule has 0 bridgehead atoms. The highest BCUT2D eigenvalue weighted by atomic mass is 32.1. The molecule has 1 aliphatic rings. The number of carbonyl (C=O) groups excluding carboxylic acids is 1. The van der Waals surface area contributed by atoms with Gasteiger partial charge in [0.05, 0.1) is 17.6 Å². The smallest absolute Gasteiger partial charge is 0.266 e. The molecule has 0 saturated carbocycles. The van der Waals surface area contributed by atoms with Crippen molar-refractivity contribution in [2.24, 2.45) is 0 Å². The molecule has 1 amide bonds. The lowest BCUT2D eigenvalue weighted by molar-refractivity contribution is 0.0574. The summed E-state index contributed by atoms with van der Waals surface area (Å²) < 4.78 is 19.5. The summed E-state index contributed by atoms with van der Waals surface area (Å²) in [6.07, 6.45) is 6.57. The number of piperidine rings is 1. The number of rotatable bonds is 5. The molecule has 1 unspecified atom stereocenters. The third-order valence-electron chi connectivity index (χ3n) is 5.76. The van der Waals surface area contributed by atoms with Gasteiger partial charge in [-0.15, -0.1) is 11.3 Å². The van der Waals surface area contributed by atoms with E-state index in [4.69, 9.17) is 4.42 Å². The number of aromatic nitrogens is 3. The molecule has 0 spiro atoms. The Morgan fingerprint density at radius 2 is 2.12 bits per heavy atom. The van der Waals surface area contributed by atoms with E-state index >= 15 is 0 Å². The van der Waals surface area contributed by atoms with Crippen LogP contribution in [0.4, 0.5) is 4.39 Å². The van der Waals surface area contributed by atoms with E-state index in [-0.39, 0.29) is 17.8 Å². The molecule has 4 aromatic rings. The topological polar surface area (TPSA) is 72.1 Å². The minimum Gasteiger partial charge on any atom is -0.443 e. The first kappa shape index (κ1) is 21.5. The SMILES string of the molecule is Cc1nc(-c2ccccn2)sc1C(=O)N1CCCCC1c1ncc(Cc2cccc(F)c2)o1. The minimum absolute atomic E-state index is 0.0539. The Bertz CT molecular complexity index is 1270. The Kier molecular flexibility index (Phi) is 6.00. The van der Waals surface area contributed by atoms with Crippen LogP contribution < -0.4 is 0 Å². The lowest BCUT2D eigenvalue weighted by atomic mass is 10.0. The number of aryl methyl sites for hydroxylation is 1. The molecule has 6 nitrogen and oxygen atoms in total. The second-order valence-corrected chi connectivity index (χ2v) is 9.13. The van der Waals surface area contributed by atoms with Gasteiger partial charge in [-0.25, -0.2) is 14.4 Å². The predicted octanol–water partition coefficient (Wildman–Crippen LogP) is 5.60. The van der Waals surface area contributed by atoms with E-state index in [9.17, 15) is 9.18 Å². The van der Waals surface area contributed by atoms with Crippen molar-refractivity contribution in [2.45, 2.75) is 38.6 Å². The molecule has 0 aliphatic carbocycles. The zero-order valence-electron chi connectivity index (χ0n) is 18.2. The monoisotopic (exact) mass is 462 g/mol. The van der Waals surface area contributed by atoms with E-state index < -0.39 is 0 Å². The van der Waals surface area contributed by atoms with Crippen LogP contribution in [0.15, 0.2) is 59.3 Å². The van der Waals surface area contributed by atoms with Crippen LogP contribution in [-0.2, 0) is 6.42 Å². The average molecular weight is 463 g/mol. The summed E-state index contributed by atoms with van der Waals surface area (Å²) in [5.74, 6) is 0.851. The molecule has 33 heavy (non-hydrogen) atoms. The van der Waals surface area contributed by atoms with Gasteiger partial charge in [0.2, 0.25) is 5.89 Å². The van der Waals surface area contributed by atoms with Crippen molar-refractivity contribution < 1.29 is 13.6 Å². The molecule has 1 saturated heterocycles. The van der Waals surface area contributed by atoms with Crippen LogP contribution in [0.3, 0.4) is 0 Å². The number of nitrogens with zero attached hydrogens (tertiary/aromatic N) is 4. The van der Waals surface area contributed by atoms with Gasteiger partial charge >= 0.3 is 0 Å². The quantitative estimate of drug-likeness (QED) is 0.386. The summed E-state index contributed by atoms with van der Waals surface area (Å²) >= 11 is 1.37. The number of benzene rings is 1. The second kappa shape index (κ2) is 9.23. The van der Waals surface area contributed by atoms with Gasteiger partial charge in [0, 0.05) is 19.2 Å². The maximum Gasteiger partial charge on any atom is 0.266 e. The number of carbonyl (C=O) groups is 1. The summed E-state index contributed by atoms with van der Waals surface area (Å²) in [7, 11) is 0. The fraction of sp³-hybridized carbons (Fsp3) is 0.280. The molecular weight excluding hydrogens is 439 g/mol. The van der Waals surface area contributed by atoms with Gasteiger partial charge in [-0.05, 0) is 56.0 Å². The van der Waals surface area contributed by atoms with E-state index in [0.717, 1.165) is 35.5 Å². The first-order chi connectivity index (χ1) is 16.1. The van der Waals surface area contributed by atoms with Gasteiger partial charge in [-0.2, -0.15) is 0 Å². The maximum atomic E-state index is 13.5. The van der Waals surface area contributed by atoms with Crippen molar-refractivity contribution in [3.8, 4) is 10.7 Å². The van der Waals surface area contributed by atoms with Crippen molar-refractivity contribution in [1.29, 1.82) is 0 Å². The molecule has 1 aromatic carbocycles. The third-order valence-corrected chi connectivity index (χ3v) is 6.93. The number of halogens is 1. The molecule has 0 N–H and O–H groups in total. The molecule has 0 radical (unpaired) electrons. The number of hydrogen-bond acceptors (Lipinski definition) is 6. The molecule has 4 heterocycles. The van der Waals surface area contributed by atoms with Crippen LogP contribution in [0, 0.1) is 12.7 Å². The molecule has 1 atom stereocenters. The van der Waals surface area contributed by atoms with Crippen molar-refractivity contribution >= 4 is 17.2 Å². The van der Waals surface area contributed by atoms with E-state index in [1.54, 1.807) is 18.5 Å². The van der Waals surface area contributed by atoms with Gasteiger partial charge in [-0.1, -0.05) is 18.2 Å². The summed E-state index contributed by atoms with van der Waals surface area (Å²) in [6, 6.07) is 11.9. The van der Waals surface area contributed by atoms with Gasteiger partial charge in [0.25, 0.3) is 5.91 Å². The highest BCUT2D eigenvalue weighted by Gasteiger charge is 2.34. The molecule has 168 valence electrons.